The zero-order valence-electron chi connectivity index (χ0n) is 11.0. The van der Waals surface area contributed by atoms with Gasteiger partial charge in [-0.25, -0.2) is 19.0 Å². The van der Waals surface area contributed by atoms with E-state index in [1.807, 2.05) is 0 Å². The topological polar surface area (TPSA) is 55.6 Å². The number of benzene rings is 1. The van der Waals surface area contributed by atoms with Crippen LogP contribution in [0.4, 0.5) is 10.2 Å². The minimum absolute atomic E-state index is 0.301. The lowest BCUT2D eigenvalue weighted by Gasteiger charge is -2.05. The summed E-state index contributed by atoms with van der Waals surface area (Å²) in [7, 11) is 0. The Bertz CT molecular complexity index is 737. The van der Waals surface area contributed by atoms with Gasteiger partial charge >= 0.3 is 0 Å². The second-order valence-electron chi connectivity index (χ2n) is 4.42. The Morgan fingerprint density at radius 3 is 3.00 bits per heavy atom. The molecule has 3 aromatic rings. The first-order chi connectivity index (χ1) is 9.79. The number of hydrogen-bond donors (Lipinski definition) is 1. The molecule has 20 heavy (non-hydrogen) atoms. The highest BCUT2D eigenvalue weighted by molar-refractivity contribution is 5.87. The molecule has 0 atom stereocenters. The average molecular weight is 271 g/mol. The summed E-state index contributed by atoms with van der Waals surface area (Å²) in [6.07, 6.45) is 4.18. The van der Waals surface area contributed by atoms with Gasteiger partial charge in [0.15, 0.2) is 5.65 Å². The molecule has 0 spiro atoms. The Kier molecular flexibility index (Phi) is 3.28. The fourth-order valence-corrected chi connectivity index (χ4v) is 2.03. The van der Waals surface area contributed by atoms with Gasteiger partial charge in [0, 0.05) is 6.54 Å². The van der Waals surface area contributed by atoms with Crippen molar-refractivity contribution in [1.82, 2.24) is 19.7 Å². The molecule has 0 amide bonds. The Labute approximate surface area is 115 Å². The van der Waals surface area contributed by atoms with Crippen molar-refractivity contribution >= 4 is 16.9 Å². The van der Waals surface area contributed by atoms with Crippen LogP contribution in [0.2, 0.25) is 0 Å². The number of anilines is 1. The van der Waals surface area contributed by atoms with Crippen molar-refractivity contribution in [2.24, 2.45) is 0 Å². The van der Waals surface area contributed by atoms with E-state index < -0.39 is 0 Å². The molecule has 6 heteroatoms. The second kappa shape index (κ2) is 5.24. The third-order valence-corrected chi connectivity index (χ3v) is 2.96. The van der Waals surface area contributed by atoms with E-state index in [4.69, 9.17) is 0 Å². The van der Waals surface area contributed by atoms with E-state index >= 15 is 0 Å². The third-order valence-electron chi connectivity index (χ3n) is 2.96. The highest BCUT2D eigenvalue weighted by atomic mass is 19.1. The van der Waals surface area contributed by atoms with E-state index in [0.29, 0.717) is 11.3 Å². The summed E-state index contributed by atoms with van der Waals surface area (Å²) in [5.74, 6) is 0.448. The normalized spacial score (nSPS) is 10.9. The maximum Gasteiger partial charge on any atom is 0.168 e. The predicted molar refractivity (Wildman–Crippen MR) is 75.4 cm³/mol. The van der Waals surface area contributed by atoms with Gasteiger partial charge in [0.1, 0.15) is 18.0 Å². The molecule has 0 fully saturated rings. The van der Waals surface area contributed by atoms with Gasteiger partial charge in [-0.15, -0.1) is 0 Å². The second-order valence-corrected chi connectivity index (χ2v) is 4.42. The Morgan fingerprint density at radius 1 is 1.30 bits per heavy atom. The molecule has 102 valence electrons. The van der Waals surface area contributed by atoms with Crippen molar-refractivity contribution in [3.05, 3.63) is 42.6 Å². The number of hydrogen-bond acceptors (Lipinski definition) is 4. The molecule has 0 aliphatic rings. The van der Waals surface area contributed by atoms with Crippen LogP contribution in [0.25, 0.3) is 16.7 Å². The smallest absolute Gasteiger partial charge is 0.168 e. The van der Waals surface area contributed by atoms with Gasteiger partial charge in [-0.05, 0) is 24.6 Å². The quantitative estimate of drug-likeness (QED) is 0.792. The van der Waals surface area contributed by atoms with E-state index in [-0.39, 0.29) is 5.82 Å². The number of nitrogens with zero attached hydrogens (tertiary/aromatic N) is 4. The first-order valence-electron chi connectivity index (χ1n) is 6.48. The molecular formula is C14H14FN5. The first-order valence-corrected chi connectivity index (χ1v) is 6.48. The Morgan fingerprint density at radius 2 is 2.20 bits per heavy atom. The number of fused-ring (bicyclic) bond motifs is 1. The van der Waals surface area contributed by atoms with Crippen molar-refractivity contribution in [1.29, 1.82) is 0 Å². The van der Waals surface area contributed by atoms with Gasteiger partial charge in [-0.3, -0.25) is 0 Å². The lowest BCUT2D eigenvalue weighted by molar-refractivity contribution is 0.625. The van der Waals surface area contributed by atoms with Crippen LogP contribution in [0.1, 0.15) is 13.3 Å². The van der Waals surface area contributed by atoms with Crippen LogP contribution in [0.3, 0.4) is 0 Å². The number of rotatable bonds is 4. The van der Waals surface area contributed by atoms with Crippen LogP contribution in [0, 0.1) is 5.82 Å². The minimum Gasteiger partial charge on any atom is -0.369 e. The van der Waals surface area contributed by atoms with E-state index in [2.05, 4.69) is 27.3 Å². The van der Waals surface area contributed by atoms with Gasteiger partial charge in [-0.2, -0.15) is 5.10 Å². The van der Waals surface area contributed by atoms with Crippen molar-refractivity contribution in [2.75, 3.05) is 11.9 Å². The molecule has 3 rings (SSSR count). The minimum atomic E-state index is -0.301. The van der Waals surface area contributed by atoms with Crippen molar-refractivity contribution in [3.63, 3.8) is 0 Å². The summed E-state index contributed by atoms with van der Waals surface area (Å²) in [5, 5.41) is 8.34. The molecule has 0 radical (unpaired) electrons. The lowest BCUT2D eigenvalue weighted by Crippen LogP contribution is -2.03. The van der Waals surface area contributed by atoms with E-state index in [1.54, 1.807) is 23.0 Å². The van der Waals surface area contributed by atoms with E-state index in [1.165, 1.54) is 18.5 Å². The van der Waals surface area contributed by atoms with Crippen LogP contribution in [0.15, 0.2) is 36.8 Å². The van der Waals surface area contributed by atoms with Crippen LogP contribution in [-0.4, -0.2) is 26.3 Å². The average Bonchev–Trinajstić information content (AvgIpc) is 2.89. The molecule has 0 bridgehead atoms. The molecule has 0 aliphatic heterocycles. The van der Waals surface area contributed by atoms with Crippen molar-refractivity contribution in [2.45, 2.75) is 13.3 Å². The summed E-state index contributed by atoms with van der Waals surface area (Å²) >= 11 is 0. The van der Waals surface area contributed by atoms with Gasteiger partial charge in [0.2, 0.25) is 0 Å². The molecule has 2 aromatic heterocycles. The van der Waals surface area contributed by atoms with Gasteiger partial charge in [-0.1, -0.05) is 13.0 Å². The molecule has 0 saturated heterocycles. The van der Waals surface area contributed by atoms with Crippen molar-refractivity contribution < 1.29 is 4.39 Å². The summed E-state index contributed by atoms with van der Waals surface area (Å²) in [4.78, 5) is 8.46. The molecule has 0 unspecified atom stereocenters. The molecule has 1 aromatic carbocycles. The first kappa shape index (κ1) is 12.5. The standard InChI is InChI=1S/C14H14FN5/c1-2-6-16-13-12-8-19-20(14(12)18-9-17-13)11-5-3-4-10(15)7-11/h3-5,7-9H,2,6H2,1H3,(H,16,17,18). The predicted octanol–water partition coefficient (Wildman–Crippen LogP) is 2.78. The van der Waals surface area contributed by atoms with Crippen LogP contribution >= 0.6 is 0 Å². The van der Waals surface area contributed by atoms with Crippen molar-refractivity contribution in [3.8, 4) is 5.69 Å². The number of halogens is 1. The number of nitrogens with one attached hydrogen (secondary N) is 1. The van der Waals surface area contributed by atoms with Crippen LogP contribution in [0.5, 0.6) is 0 Å². The molecule has 0 saturated carbocycles. The maximum atomic E-state index is 13.3. The fraction of sp³-hybridized carbons (Fsp3) is 0.214. The molecular weight excluding hydrogens is 257 g/mol. The van der Waals surface area contributed by atoms with Gasteiger partial charge in [0.05, 0.1) is 17.3 Å². The monoisotopic (exact) mass is 271 g/mol. The molecule has 5 nitrogen and oxygen atoms in total. The van der Waals surface area contributed by atoms with Gasteiger partial charge in [0.25, 0.3) is 0 Å². The van der Waals surface area contributed by atoms with Crippen LogP contribution in [-0.2, 0) is 0 Å². The largest absolute Gasteiger partial charge is 0.369 e. The zero-order chi connectivity index (χ0) is 13.9. The highest BCUT2D eigenvalue weighted by Crippen LogP contribution is 2.21. The molecule has 2 heterocycles. The number of aromatic nitrogens is 4. The SMILES string of the molecule is CCCNc1ncnc2c1cnn2-c1cccc(F)c1. The summed E-state index contributed by atoms with van der Waals surface area (Å²) in [5.41, 5.74) is 1.30. The maximum absolute atomic E-state index is 13.3. The van der Waals surface area contributed by atoms with Crippen LogP contribution < -0.4 is 5.32 Å². The summed E-state index contributed by atoms with van der Waals surface area (Å²) in [6.45, 7) is 2.92. The van der Waals surface area contributed by atoms with Gasteiger partial charge < -0.3 is 5.32 Å². The third kappa shape index (κ3) is 2.20. The fourth-order valence-electron chi connectivity index (χ4n) is 2.03. The summed E-state index contributed by atoms with van der Waals surface area (Å²) in [6, 6.07) is 6.26. The molecule has 0 aliphatic carbocycles. The summed E-state index contributed by atoms with van der Waals surface area (Å²) < 4.78 is 14.9. The Balaban J connectivity index is 2.10. The Hall–Kier alpha value is -2.50. The highest BCUT2D eigenvalue weighted by Gasteiger charge is 2.10. The zero-order valence-corrected chi connectivity index (χ0v) is 11.0. The van der Waals surface area contributed by atoms with E-state index in [0.717, 1.165) is 24.2 Å². The lowest BCUT2D eigenvalue weighted by atomic mass is 10.3. The van der Waals surface area contributed by atoms with E-state index in [9.17, 15) is 4.39 Å². The molecule has 1 N–H and O–H groups in total.